The molecule has 0 N–H and O–H groups in total. The lowest BCUT2D eigenvalue weighted by Crippen LogP contribution is -2.11. The standard InChI is InChI=1S/C18H25ClO/c1-2-3-14-20-18-10-8-17(9-11-18)16-6-4-15(5-7-16)12-13-19/h8-13,15-16H,2-7,14H2,1H3/b13-12+. The van der Waals surface area contributed by atoms with Gasteiger partial charge in [0.25, 0.3) is 0 Å². The van der Waals surface area contributed by atoms with Crippen molar-refractivity contribution in [3.63, 3.8) is 0 Å². The Morgan fingerprint density at radius 1 is 1.15 bits per heavy atom. The Morgan fingerprint density at radius 2 is 1.85 bits per heavy atom. The Balaban J connectivity index is 1.84. The van der Waals surface area contributed by atoms with Crippen LogP contribution < -0.4 is 4.74 Å². The third-order valence-corrected chi connectivity index (χ3v) is 4.38. The van der Waals surface area contributed by atoms with Crippen LogP contribution in [-0.2, 0) is 0 Å². The first-order valence-electron chi connectivity index (χ1n) is 7.83. The van der Waals surface area contributed by atoms with Gasteiger partial charge >= 0.3 is 0 Å². The van der Waals surface area contributed by atoms with E-state index in [1.165, 1.54) is 37.7 Å². The topological polar surface area (TPSA) is 9.23 Å². The van der Waals surface area contributed by atoms with Crippen LogP contribution in [-0.4, -0.2) is 6.61 Å². The van der Waals surface area contributed by atoms with Crippen LogP contribution in [0.5, 0.6) is 5.75 Å². The highest BCUT2D eigenvalue weighted by Gasteiger charge is 2.20. The largest absolute Gasteiger partial charge is 0.494 e. The predicted molar refractivity (Wildman–Crippen MR) is 86.5 cm³/mol. The summed E-state index contributed by atoms with van der Waals surface area (Å²) in [6.07, 6.45) is 9.48. The maximum Gasteiger partial charge on any atom is 0.119 e. The van der Waals surface area contributed by atoms with Gasteiger partial charge in [-0.3, -0.25) is 0 Å². The summed E-state index contributed by atoms with van der Waals surface area (Å²) in [5.74, 6) is 2.39. The number of hydrogen-bond donors (Lipinski definition) is 0. The molecule has 0 spiro atoms. The van der Waals surface area contributed by atoms with Crippen molar-refractivity contribution in [2.75, 3.05) is 6.61 Å². The number of halogens is 1. The lowest BCUT2D eigenvalue weighted by molar-refractivity contribution is 0.309. The van der Waals surface area contributed by atoms with Crippen LogP contribution in [0.4, 0.5) is 0 Å². The van der Waals surface area contributed by atoms with Crippen molar-refractivity contribution in [3.8, 4) is 5.75 Å². The third kappa shape index (κ3) is 4.56. The van der Waals surface area contributed by atoms with Gasteiger partial charge in [0.05, 0.1) is 6.61 Å². The van der Waals surface area contributed by atoms with Crippen LogP contribution in [0.3, 0.4) is 0 Å². The van der Waals surface area contributed by atoms with Crippen LogP contribution in [0.1, 0.15) is 56.9 Å². The van der Waals surface area contributed by atoms with Crippen LogP contribution in [0.25, 0.3) is 0 Å². The zero-order chi connectivity index (χ0) is 14.2. The number of ether oxygens (including phenoxy) is 1. The fourth-order valence-corrected chi connectivity index (χ4v) is 3.12. The van der Waals surface area contributed by atoms with Crippen molar-refractivity contribution in [3.05, 3.63) is 41.4 Å². The van der Waals surface area contributed by atoms with Crippen molar-refractivity contribution >= 4 is 11.6 Å². The molecule has 0 saturated heterocycles. The van der Waals surface area contributed by atoms with E-state index in [0.717, 1.165) is 18.8 Å². The van der Waals surface area contributed by atoms with Crippen molar-refractivity contribution in [2.45, 2.75) is 51.4 Å². The fraction of sp³-hybridized carbons (Fsp3) is 0.556. The Hall–Kier alpha value is -0.950. The third-order valence-electron chi connectivity index (χ3n) is 4.23. The molecule has 0 bridgehead atoms. The van der Waals surface area contributed by atoms with Gasteiger partial charge in [-0.25, -0.2) is 0 Å². The van der Waals surface area contributed by atoms with Crippen molar-refractivity contribution in [2.24, 2.45) is 5.92 Å². The molecule has 0 aromatic heterocycles. The lowest BCUT2D eigenvalue weighted by Gasteiger charge is -2.27. The van der Waals surface area contributed by atoms with Gasteiger partial charge in [0.15, 0.2) is 0 Å². The van der Waals surface area contributed by atoms with E-state index in [1.54, 1.807) is 5.54 Å². The highest BCUT2D eigenvalue weighted by Crippen LogP contribution is 2.36. The predicted octanol–water partition coefficient (Wildman–Crippen LogP) is 5.89. The number of hydrogen-bond acceptors (Lipinski definition) is 1. The van der Waals surface area contributed by atoms with Gasteiger partial charge in [-0.05, 0) is 61.6 Å². The average molecular weight is 293 g/mol. The second-order valence-electron chi connectivity index (χ2n) is 5.70. The van der Waals surface area contributed by atoms with Crippen LogP contribution in [0, 0.1) is 5.92 Å². The summed E-state index contributed by atoms with van der Waals surface area (Å²) in [4.78, 5) is 0. The Morgan fingerprint density at radius 3 is 2.45 bits per heavy atom. The minimum Gasteiger partial charge on any atom is -0.494 e. The van der Waals surface area contributed by atoms with Gasteiger partial charge in [0, 0.05) is 5.54 Å². The molecule has 1 saturated carbocycles. The smallest absolute Gasteiger partial charge is 0.119 e. The molecule has 1 aromatic rings. The highest BCUT2D eigenvalue weighted by molar-refractivity contribution is 6.25. The molecule has 1 aliphatic rings. The monoisotopic (exact) mass is 292 g/mol. The Bertz CT molecular complexity index is 402. The maximum absolute atomic E-state index is 5.71. The molecule has 110 valence electrons. The quantitative estimate of drug-likeness (QED) is 0.594. The second-order valence-corrected chi connectivity index (χ2v) is 5.95. The molecular formula is C18H25ClO. The zero-order valence-electron chi connectivity index (χ0n) is 12.4. The first-order valence-corrected chi connectivity index (χ1v) is 8.26. The minimum atomic E-state index is 0.681. The minimum absolute atomic E-state index is 0.681. The molecular weight excluding hydrogens is 268 g/mol. The molecule has 0 heterocycles. The maximum atomic E-state index is 5.71. The number of unbranched alkanes of at least 4 members (excludes halogenated alkanes) is 1. The summed E-state index contributed by atoms with van der Waals surface area (Å²) >= 11 is 5.66. The molecule has 0 unspecified atom stereocenters. The van der Waals surface area contributed by atoms with Gasteiger partial charge in [0.2, 0.25) is 0 Å². The van der Waals surface area contributed by atoms with Crippen molar-refractivity contribution < 1.29 is 4.74 Å². The van der Waals surface area contributed by atoms with Crippen molar-refractivity contribution in [1.82, 2.24) is 0 Å². The number of allylic oxidation sites excluding steroid dienone is 1. The number of rotatable bonds is 6. The molecule has 0 atom stereocenters. The van der Waals surface area contributed by atoms with Crippen LogP contribution in [0.15, 0.2) is 35.9 Å². The molecule has 1 nitrogen and oxygen atoms in total. The summed E-state index contributed by atoms with van der Waals surface area (Å²) in [7, 11) is 0. The van der Waals surface area contributed by atoms with E-state index in [9.17, 15) is 0 Å². The van der Waals surface area contributed by atoms with Crippen LogP contribution in [0.2, 0.25) is 0 Å². The van der Waals surface area contributed by atoms with E-state index in [-0.39, 0.29) is 0 Å². The first kappa shape index (κ1) is 15.4. The molecule has 0 amide bonds. The number of benzene rings is 1. The molecule has 2 heteroatoms. The van der Waals surface area contributed by atoms with Gasteiger partial charge < -0.3 is 4.74 Å². The average Bonchev–Trinajstić information content (AvgIpc) is 2.49. The molecule has 1 aliphatic carbocycles. The molecule has 20 heavy (non-hydrogen) atoms. The Labute approximate surface area is 128 Å². The summed E-state index contributed by atoms with van der Waals surface area (Å²) in [5, 5.41) is 0. The molecule has 1 fully saturated rings. The first-order chi connectivity index (χ1) is 9.83. The summed E-state index contributed by atoms with van der Waals surface area (Å²) < 4.78 is 5.71. The normalized spacial score (nSPS) is 23.1. The summed E-state index contributed by atoms with van der Waals surface area (Å²) in [6.45, 7) is 3.01. The van der Waals surface area contributed by atoms with Crippen molar-refractivity contribution in [1.29, 1.82) is 0 Å². The summed E-state index contributed by atoms with van der Waals surface area (Å²) in [6, 6.07) is 8.72. The molecule has 0 aliphatic heterocycles. The van der Waals surface area contributed by atoms with Crippen LogP contribution >= 0.6 is 11.6 Å². The van der Waals surface area contributed by atoms with E-state index in [2.05, 4.69) is 37.3 Å². The Kier molecular flexibility index (Phi) is 6.46. The van der Waals surface area contributed by atoms with E-state index in [0.29, 0.717) is 11.8 Å². The zero-order valence-corrected chi connectivity index (χ0v) is 13.1. The van der Waals surface area contributed by atoms with E-state index < -0.39 is 0 Å². The fourth-order valence-electron chi connectivity index (χ4n) is 2.92. The second kappa shape index (κ2) is 8.36. The van der Waals surface area contributed by atoms with E-state index >= 15 is 0 Å². The van der Waals surface area contributed by atoms with Gasteiger partial charge in [-0.1, -0.05) is 43.2 Å². The lowest BCUT2D eigenvalue weighted by atomic mass is 9.79. The molecule has 0 radical (unpaired) electrons. The van der Waals surface area contributed by atoms with Gasteiger partial charge in [-0.2, -0.15) is 0 Å². The summed E-state index contributed by atoms with van der Waals surface area (Å²) in [5.41, 5.74) is 3.13. The molecule has 1 aromatic carbocycles. The van der Waals surface area contributed by atoms with Gasteiger partial charge in [-0.15, -0.1) is 0 Å². The van der Waals surface area contributed by atoms with Gasteiger partial charge in [0.1, 0.15) is 5.75 Å². The van der Waals surface area contributed by atoms with E-state index in [4.69, 9.17) is 16.3 Å². The van der Waals surface area contributed by atoms with E-state index in [1.807, 2.05) is 0 Å². The highest BCUT2D eigenvalue weighted by atomic mass is 35.5. The SMILES string of the molecule is CCCCOc1ccc(C2CCC(/C=C/Cl)CC2)cc1. The molecule has 2 rings (SSSR count).